The number of benzene rings is 3. The molecule has 6 nitrogen and oxygen atoms in total. The number of nitrogens with one attached hydrogen (secondary N) is 2. The quantitative estimate of drug-likeness (QED) is 0.431. The molecule has 0 aliphatic rings. The lowest BCUT2D eigenvalue weighted by atomic mass is 10.0. The lowest BCUT2D eigenvalue weighted by Gasteiger charge is -2.20. The highest BCUT2D eigenvalue weighted by molar-refractivity contribution is 6.03. The minimum atomic E-state index is -0.921. The molecule has 1 atom stereocenters. The number of rotatable bonds is 6. The Morgan fingerprint density at radius 2 is 1.73 bits per heavy atom. The van der Waals surface area contributed by atoms with Crippen LogP contribution in [0.15, 0.2) is 65.8 Å². The van der Waals surface area contributed by atoms with Crippen LogP contribution in [-0.2, 0) is 4.79 Å². The van der Waals surface area contributed by atoms with Crippen molar-refractivity contribution < 1.29 is 19.1 Å². The molecule has 0 aliphatic carbocycles. The van der Waals surface area contributed by atoms with Crippen LogP contribution >= 0.6 is 0 Å². The summed E-state index contributed by atoms with van der Waals surface area (Å²) in [4.78, 5) is 24.9. The summed E-state index contributed by atoms with van der Waals surface area (Å²) in [6.45, 7) is 3.51. The van der Waals surface area contributed by atoms with Crippen LogP contribution in [0.25, 0.3) is 10.8 Å². The maximum Gasteiger partial charge on any atom is 0.262 e. The van der Waals surface area contributed by atoms with Crippen molar-refractivity contribution >= 4 is 28.8 Å². The number of hydrogen-bond donors (Lipinski definition) is 3. The lowest BCUT2D eigenvalue weighted by molar-refractivity contribution is -0.123. The SMILES string of the molecule is CC(C)C(NC(=O)c1ccccc1F)C(=O)NN=Cc1c(O)ccc2ccccc12. The molecule has 154 valence electrons. The highest BCUT2D eigenvalue weighted by Crippen LogP contribution is 2.25. The second-order valence-corrected chi connectivity index (χ2v) is 7.13. The maximum absolute atomic E-state index is 13.8. The van der Waals surface area contributed by atoms with Crippen LogP contribution < -0.4 is 10.7 Å². The minimum Gasteiger partial charge on any atom is -0.507 e. The molecular formula is C23H22FN3O3. The number of carbonyl (C=O) groups is 2. The fourth-order valence-electron chi connectivity index (χ4n) is 3.05. The monoisotopic (exact) mass is 407 g/mol. The highest BCUT2D eigenvalue weighted by Gasteiger charge is 2.25. The summed E-state index contributed by atoms with van der Waals surface area (Å²) >= 11 is 0. The van der Waals surface area contributed by atoms with Gasteiger partial charge in [-0.2, -0.15) is 5.10 Å². The minimum absolute atomic E-state index is 0.0277. The van der Waals surface area contributed by atoms with Crippen LogP contribution in [0.3, 0.4) is 0 Å². The predicted octanol–water partition coefficient (Wildman–Crippen LogP) is 3.59. The number of phenols is 1. The second kappa shape index (κ2) is 9.17. The summed E-state index contributed by atoms with van der Waals surface area (Å²) in [5.41, 5.74) is 2.71. The van der Waals surface area contributed by atoms with Crippen LogP contribution in [0.1, 0.15) is 29.8 Å². The van der Waals surface area contributed by atoms with Crippen molar-refractivity contribution in [2.75, 3.05) is 0 Å². The van der Waals surface area contributed by atoms with Crippen molar-refractivity contribution in [1.29, 1.82) is 0 Å². The molecule has 3 N–H and O–H groups in total. The van der Waals surface area contributed by atoms with Crippen molar-refractivity contribution in [1.82, 2.24) is 10.7 Å². The average Bonchev–Trinajstić information content (AvgIpc) is 2.73. The van der Waals surface area contributed by atoms with Gasteiger partial charge in [0.2, 0.25) is 0 Å². The van der Waals surface area contributed by atoms with E-state index in [1.807, 2.05) is 24.3 Å². The number of hydrazone groups is 1. The number of aromatic hydroxyl groups is 1. The van der Waals surface area contributed by atoms with Gasteiger partial charge in [-0.15, -0.1) is 0 Å². The van der Waals surface area contributed by atoms with E-state index in [2.05, 4.69) is 15.8 Å². The van der Waals surface area contributed by atoms with Crippen LogP contribution in [-0.4, -0.2) is 29.2 Å². The van der Waals surface area contributed by atoms with Gasteiger partial charge in [0, 0.05) is 5.56 Å². The first-order valence-corrected chi connectivity index (χ1v) is 9.47. The predicted molar refractivity (Wildman–Crippen MR) is 114 cm³/mol. The fraction of sp³-hybridized carbons (Fsp3) is 0.174. The molecule has 1 unspecified atom stereocenters. The van der Waals surface area contributed by atoms with Crippen molar-refractivity contribution in [2.24, 2.45) is 11.0 Å². The largest absolute Gasteiger partial charge is 0.507 e. The molecule has 0 aliphatic heterocycles. The van der Waals surface area contributed by atoms with E-state index in [1.165, 1.54) is 24.4 Å². The third kappa shape index (κ3) is 4.63. The Balaban J connectivity index is 1.74. The number of phenolic OH excluding ortho intramolecular Hbond substituents is 1. The van der Waals surface area contributed by atoms with Crippen LogP contribution in [0.2, 0.25) is 0 Å². The number of amides is 2. The van der Waals surface area contributed by atoms with Gasteiger partial charge in [-0.3, -0.25) is 9.59 Å². The molecule has 3 aromatic rings. The normalized spacial score (nSPS) is 12.3. The summed E-state index contributed by atoms with van der Waals surface area (Å²) in [6.07, 6.45) is 1.35. The summed E-state index contributed by atoms with van der Waals surface area (Å²) in [6, 6.07) is 15.4. The zero-order valence-corrected chi connectivity index (χ0v) is 16.6. The summed E-state index contributed by atoms with van der Waals surface area (Å²) in [7, 11) is 0. The Labute approximate surface area is 173 Å². The fourth-order valence-corrected chi connectivity index (χ4v) is 3.05. The van der Waals surface area contributed by atoms with E-state index < -0.39 is 23.7 Å². The number of carbonyl (C=O) groups excluding carboxylic acids is 2. The van der Waals surface area contributed by atoms with Gasteiger partial charge in [-0.25, -0.2) is 9.82 Å². The smallest absolute Gasteiger partial charge is 0.262 e. The molecule has 0 bridgehead atoms. The molecule has 0 aromatic heterocycles. The van der Waals surface area contributed by atoms with Crippen LogP contribution in [0.5, 0.6) is 5.75 Å². The second-order valence-electron chi connectivity index (χ2n) is 7.13. The van der Waals surface area contributed by atoms with E-state index in [9.17, 15) is 19.1 Å². The van der Waals surface area contributed by atoms with Crippen LogP contribution in [0, 0.1) is 11.7 Å². The van der Waals surface area contributed by atoms with Gasteiger partial charge in [-0.1, -0.05) is 56.3 Å². The number of halogens is 1. The lowest BCUT2D eigenvalue weighted by Crippen LogP contribution is -2.48. The molecule has 2 amide bonds. The van der Waals surface area contributed by atoms with E-state index in [0.29, 0.717) is 5.56 Å². The molecule has 0 saturated heterocycles. The van der Waals surface area contributed by atoms with Gasteiger partial charge in [0.1, 0.15) is 17.6 Å². The standard InChI is InChI=1S/C23H22FN3O3/c1-14(2)21(26-22(29)17-9-5-6-10-19(17)24)23(30)27-25-13-18-16-8-4-3-7-15(16)11-12-20(18)28/h3-14,21,28H,1-2H3,(H,26,29)(H,27,30). The van der Waals surface area contributed by atoms with Crippen molar-refractivity contribution in [3.63, 3.8) is 0 Å². The molecule has 0 radical (unpaired) electrons. The molecule has 30 heavy (non-hydrogen) atoms. The Hall–Kier alpha value is -3.74. The molecule has 0 heterocycles. The van der Waals surface area contributed by atoms with E-state index in [0.717, 1.165) is 10.8 Å². The zero-order valence-electron chi connectivity index (χ0n) is 16.6. The zero-order chi connectivity index (χ0) is 21.7. The van der Waals surface area contributed by atoms with Crippen molar-refractivity contribution in [3.05, 3.63) is 77.6 Å². The third-order valence-corrected chi connectivity index (χ3v) is 4.67. The van der Waals surface area contributed by atoms with Gasteiger partial charge in [0.15, 0.2) is 0 Å². The summed E-state index contributed by atoms with van der Waals surface area (Å²) < 4.78 is 13.8. The number of fused-ring (bicyclic) bond motifs is 1. The molecule has 3 rings (SSSR count). The van der Waals surface area contributed by atoms with E-state index in [-0.39, 0.29) is 17.2 Å². The molecule has 0 fully saturated rings. The molecule has 7 heteroatoms. The molecule has 0 saturated carbocycles. The average molecular weight is 407 g/mol. The first kappa shape index (κ1) is 21.0. The van der Waals surface area contributed by atoms with Crippen molar-refractivity contribution in [2.45, 2.75) is 19.9 Å². The Morgan fingerprint density at radius 1 is 1.03 bits per heavy atom. The molecule has 3 aromatic carbocycles. The van der Waals surface area contributed by atoms with Gasteiger partial charge < -0.3 is 10.4 Å². The van der Waals surface area contributed by atoms with Crippen molar-refractivity contribution in [3.8, 4) is 5.75 Å². The number of hydrogen-bond acceptors (Lipinski definition) is 4. The van der Waals surface area contributed by atoms with E-state index >= 15 is 0 Å². The van der Waals surface area contributed by atoms with Crippen LogP contribution in [0.4, 0.5) is 4.39 Å². The van der Waals surface area contributed by atoms with Gasteiger partial charge in [0.05, 0.1) is 11.8 Å². The molecule has 0 spiro atoms. The van der Waals surface area contributed by atoms with Gasteiger partial charge >= 0.3 is 0 Å². The molecular weight excluding hydrogens is 385 g/mol. The van der Waals surface area contributed by atoms with Gasteiger partial charge in [0.25, 0.3) is 11.8 Å². The number of nitrogens with zero attached hydrogens (tertiary/aromatic N) is 1. The van der Waals surface area contributed by atoms with E-state index in [1.54, 1.807) is 32.0 Å². The topological polar surface area (TPSA) is 90.8 Å². The Morgan fingerprint density at radius 3 is 2.47 bits per heavy atom. The van der Waals surface area contributed by atoms with Gasteiger partial charge in [-0.05, 0) is 34.9 Å². The Bertz CT molecular complexity index is 1110. The maximum atomic E-state index is 13.8. The summed E-state index contributed by atoms with van der Waals surface area (Å²) in [5, 5.41) is 18.3. The highest BCUT2D eigenvalue weighted by atomic mass is 19.1. The Kier molecular flexibility index (Phi) is 6.41. The first-order chi connectivity index (χ1) is 14.4. The third-order valence-electron chi connectivity index (χ3n) is 4.67. The summed E-state index contributed by atoms with van der Waals surface area (Å²) in [5.74, 6) is -2.13. The van der Waals surface area contributed by atoms with E-state index in [4.69, 9.17) is 0 Å². The first-order valence-electron chi connectivity index (χ1n) is 9.47.